The van der Waals surface area contributed by atoms with Gasteiger partial charge in [-0.1, -0.05) is 0 Å². The molecule has 0 saturated heterocycles. The van der Waals surface area contributed by atoms with Crippen LogP contribution in [0.1, 0.15) is 37.1 Å². The monoisotopic (exact) mass is 369 g/mol. The molecule has 6 nitrogen and oxygen atoms in total. The maximum Gasteiger partial charge on any atom is 0.257 e. The van der Waals surface area contributed by atoms with Gasteiger partial charge in [0.05, 0.1) is 11.8 Å². The van der Waals surface area contributed by atoms with Gasteiger partial charge in [0, 0.05) is 35.8 Å². The summed E-state index contributed by atoms with van der Waals surface area (Å²) in [5.74, 6) is -1.77. The van der Waals surface area contributed by atoms with E-state index in [1.807, 2.05) is 19.9 Å². The highest BCUT2D eigenvalue weighted by atomic mass is 32.2. The summed E-state index contributed by atoms with van der Waals surface area (Å²) >= 11 is -1.29. The molecule has 2 aromatic rings. The van der Waals surface area contributed by atoms with Crippen LogP contribution in [0.3, 0.4) is 0 Å². The topological polar surface area (TPSA) is 78.7 Å². The van der Waals surface area contributed by atoms with Crippen LogP contribution in [0, 0.1) is 13.8 Å². The molecule has 1 fully saturated rings. The fourth-order valence-electron chi connectivity index (χ4n) is 2.95. The van der Waals surface area contributed by atoms with E-state index in [9.17, 15) is 13.3 Å². The summed E-state index contributed by atoms with van der Waals surface area (Å²) in [5, 5.41) is 7.92. The van der Waals surface area contributed by atoms with Crippen LogP contribution in [-0.2, 0) is 11.2 Å². The molecule has 2 aromatic heterocycles. The fraction of sp³-hybridized carbons (Fsp3) is 0.562. The molecular weight excluding hydrogens is 348 g/mol. The molecule has 3 rings (SSSR count). The third-order valence-corrected chi connectivity index (χ3v) is 5.05. The van der Waals surface area contributed by atoms with Crippen molar-refractivity contribution in [3.8, 4) is 5.95 Å². The molecule has 9 heteroatoms. The minimum atomic E-state index is -2.57. The van der Waals surface area contributed by atoms with Gasteiger partial charge >= 0.3 is 0 Å². The zero-order valence-corrected chi connectivity index (χ0v) is 15.2. The normalized spacial score (nSPS) is 19.0. The summed E-state index contributed by atoms with van der Waals surface area (Å²) in [7, 11) is 0. The molecule has 25 heavy (non-hydrogen) atoms. The first-order chi connectivity index (χ1) is 11.7. The summed E-state index contributed by atoms with van der Waals surface area (Å²) in [4.78, 5) is 8.77. The molecule has 1 N–H and O–H groups in total. The van der Waals surface area contributed by atoms with Crippen LogP contribution >= 0.6 is 0 Å². The van der Waals surface area contributed by atoms with Crippen molar-refractivity contribution in [3.05, 3.63) is 23.5 Å². The number of nitrogens with zero attached hydrogens (tertiary/aromatic N) is 4. The Morgan fingerprint density at radius 2 is 1.92 bits per heavy atom. The Hall–Kier alpha value is -1.74. The highest BCUT2D eigenvalue weighted by molar-refractivity contribution is 7.90. The summed E-state index contributed by atoms with van der Waals surface area (Å²) in [6.45, 7) is 3.75. The lowest BCUT2D eigenvalue weighted by Gasteiger charge is -2.29. The first kappa shape index (κ1) is 18.1. The molecule has 1 saturated carbocycles. The van der Waals surface area contributed by atoms with Crippen LogP contribution < -0.4 is 5.32 Å². The predicted molar refractivity (Wildman–Crippen MR) is 91.8 cm³/mol. The predicted octanol–water partition coefficient (Wildman–Crippen LogP) is 3.01. The summed E-state index contributed by atoms with van der Waals surface area (Å²) in [6.07, 6.45) is 2.02. The van der Waals surface area contributed by atoms with Crippen molar-refractivity contribution < 1.29 is 13.3 Å². The molecule has 0 bridgehead atoms. The minimum Gasteiger partial charge on any atom is -0.610 e. The second-order valence-corrected chi connectivity index (χ2v) is 7.79. The van der Waals surface area contributed by atoms with Crippen molar-refractivity contribution in [2.75, 3.05) is 11.6 Å². The van der Waals surface area contributed by atoms with Gasteiger partial charge in [0.25, 0.3) is 11.0 Å². The molecule has 0 spiro atoms. The van der Waals surface area contributed by atoms with E-state index in [2.05, 4.69) is 20.4 Å². The third-order valence-electron chi connectivity index (χ3n) is 4.25. The van der Waals surface area contributed by atoms with E-state index in [4.69, 9.17) is 0 Å². The van der Waals surface area contributed by atoms with Crippen LogP contribution in [0.25, 0.3) is 5.95 Å². The molecule has 0 aliphatic heterocycles. The van der Waals surface area contributed by atoms with Gasteiger partial charge in [-0.05, 0) is 32.8 Å². The van der Waals surface area contributed by atoms with Gasteiger partial charge in [-0.15, -0.1) is 0 Å². The minimum absolute atomic E-state index is 0.0824. The quantitative estimate of drug-likeness (QED) is 0.662. The molecule has 2 heterocycles. The molecule has 0 radical (unpaired) electrons. The Kier molecular flexibility index (Phi) is 4.97. The second-order valence-electron chi connectivity index (χ2n) is 6.46. The molecular formula is C16H21F2N5OS. The molecule has 1 unspecified atom stereocenters. The molecule has 1 aliphatic carbocycles. The van der Waals surface area contributed by atoms with E-state index in [1.54, 1.807) is 10.7 Å². The van der Waals surface area contributed by atoms with Gasteiger partial charge in [0.2, 0.25) is 5.92 Å². The van der Waals surface area contributed by atoms with E-state index in [0.717, 1.165) is 11.4 Å². The zero-order valence-electron chi connectivity index (χ0n) is 14.4. The van der Waals surface area contributed by atoms with E-state index in [-0.39, 0.29) is 18.9 Å². The van der Waals surface area contributed by atoms with Crippen molar-refractivity contribution in [1.82, 2.24) is 19.7 Å². The van der Waals surface area contributed by atoms with Gasteiger partial charge < -0.3 is 9.87 Å². The summed E-state index contributed by atoms with van der Waals surface area (Å²) in [6, 6.07) is 3.42. The number of aryl methyl sites for hydroxylation is 2. The number of aromatic nitrogens is 4. The average molecular weight is 369 g/mol. The number of halogens is 2. The fourth-order valence-corrected chi connectivity index (χ4v) is 3.44. The number of alkyl halides is 2. The van der Waals surface area contributed by atoms with Crippen LogP contribution in [0.4, 0.5) is 14.6 Å². The van der Waals surface area contributed by atoms with Crippen LogP contribution in [0.2, 0.25) is 0 Å². The number of hydrogen-bond donors (Lipinski definition) is 1. The lowest BCUT2D eigenvalue weighted by molar-refractivity contribution is -0.0361. The number of hydrogen-bond acceptors (Lipinski definition) is 5. The van der Waals surface area contributed by atoms with Crippen molar-refractivity contribution in [2.24, 2.45) is 0 Å². The number of nitrogens with one attached hydrogen (secondary N) is 1. The largest absolute Gasteiger partial charge is 0.610 e. The maximum absolute atomic E-state index is 13.3. The van der Waals surface area contributed by atoms with E-state index in [1.165, 1.54) is 6.26 Å². The molecule has 136 valence electrons. The zero-order chi connectivity index (χ0) is 18.2. The van der Waals surface area contributed by atoms with Gasteiger partial charge in [0.1, 0.15) is 12.1 Å². The smallest absolute Gasteiger partial charge is 0.257 e. The summed E-state index contributed by atoms with van der Waals surface area (Å²) < 4.78 is 40.1. The molecule has 1 aliphatic rings. The van der Waals surface area contributed by atoms with E-state index in [0.29, 0.717) is 29.6 Å². The lowest BCUT2D eigenvalue weighted by Crippen LogP contribution is -2.32. The van der Waals surface area contributed by atoms with Gasteiger partial charge in [-0.3, -0.25) is 0 Å². The van der Waals surface area contributed by atoms with E-state index < -0.39 is 17.1 Å². The number of anilines is 1. The van der Waals surface area contributed by atoms with Crippen LogP contribution in [0.15, 0.2) is 17.2 Å². The Morgan fingerprint density at radius 3 is 2.48 bits per heavy atom. The molecule has 0 aromatic carbocycles. The van der Waals surface area contributed by atoms with Gasteiger partial charge in [-0.25, -0.2) is 13.5 Å². The standard InChI is InChI=1S/C16H21F2N5OS/c1-10-8-11(2)23(22-10)15-20-13(9-14(21-15)25(3)24)19-12-4-6-16(17,18)7-5-12/h8-9,12H,4-7H2,1-3H3,(H,19,20,21). The van der Waals surface area contributed by atoms with E-state index >= 15 is 0 Å². The average Bonchev–Trinajstić information content (AvgIpc) is 2.88. The molecule has 1 atom stereocenters. The number of rotatable bonds is 4. The second kappa shape index (κ2) is 6.87. The third kappa shape index (κ3) is 4.27. The highest BCUT2D eigenvalue weighted by Crippen LogP contribution is 2.34. The Morgan fingerprint density at radius 1 is 1.24 bits per heavy atom. The molecule has 0 amide bonds. The van der Waals surface area contributed by atoms with Crippen LogP contribution in [0.5, 0.6) is 0 Å². The first-order valence-corrected chi connectivity index (χ1v) is 9.70. The lowest BCUT2D eigenvalue weighted by atomic mass is 9.92. The Balaban J connectivity index is 1.87. The highest BCUT2D eigenvalue weighted by Gasteiger charge is 2.35. The van der Waals surface area contributed by atoms with Crippen molar-refractivity contribution in [3.63, 3.8) is 0 Å². The summed E-state index contributed by atoms with van der Waals surface area (Å²) in [5.41, 5.74) is 1.69. The van der Waals surface area contributed by atoms with Crippen molar-refractivity contribution in [1.29, 1.82) is 0 Å². The first-order valence-electron chi connectivity index (χ1n) is 8.14. The van der Waals surface area contributed by atoms with Gasteiger partial charge in [-0.2, -0.15) is 15.1 Å². The maximum atomic E-state index is 13.3. The SMILES string of the molecule is Cc1cc(C)n(-c2nc(NC3CCC(F)(F)CC3)cc([S+](C)[O-])n2)n1. The Bertz CT molecular complexity index is 755. The van der Waals surface area contributed by atoms with Crippen molar-refractivity contribution >= 4 is 17.0 Å². The Labute approximate surface area is 148 Å². The van der Waals surface area contributed by atoms with Gasteiger partial charge in [0.15, 0.2) is 0 Å². The van der Waals surface area contributed by atoms with Crippen molar-refractivity contribution in [2.45, 2.75) is 56.5 Å². The van der Waals surface area contributed by atoms with Crippen LogP contribution in [-0.4, -0.2) is 42.5 Å².